The highest BCUT2D eigenvalue weighted by Crippen LogP contribution is 2.28. The van der Waals surface area contributed by atoms with Crippen molar-refractivity contribution in [2.45, 2.75) is 38.1 Å². The van der Waals surface area contributed by atoms with Crippen molar-refractivity contribution in [3.05, 3.63) is 0 Å². The highest BCUT2D eigenvalue weighted by atomic mass is 16.5. The maximum Gasteiger partial charge on any atom is 0.0474 e. The van der Waals surface area contributed by atoms with Crippen LogP contribution in [0.5, 0.6) is 0 Å². The Bertz CT molecular complexity index is 192. The van der Waals surface area contributed by atoms with Gasteiger partial charge in [0.25, 0.3) is 0 Å². The summed E-state index contributed by atoms with van der Waals surface area (Å²) in [4.78, 5) is 2.71. The minimum absolute atomic E-state index is 0.852. The largest absolute Gasteiger partial charge is 0.385 e. The zero-order valence-electron chi connectivity index (χ0n) is 10.6. The van der Waals surface area contributed by atoms with Crippen LogP contribution in [0.4, 0.5) is 0 Å². The number of hydrogen-bond acceptors (Lipinski definition) is 3. The Morgan fingerprint density at radius 3 is 3.00 bits per heavy atom. The van der Waals surface area contributed by atoms with Gasteiger partial charge in [0.2, 0.25) is 0 Å². The first-order valence-electron chi connectivity index (χ1n) is 6.85. The van der Waals surface area contributed by atoms with Gasteiger partial charge in [0.05, 0.1) is 0 Å². The molecule has 0 spiro atoms. The molecule has 2 fully saturated rings. The third kappa shape index (κ3) is 3.19. The maximum absolute atomic E-state index is 5.14. The van der Waals surface area contributed by atoms with Gasteiger partial charge in [-0.05, 0) is 57.7 Å². The normalized spacial score (nSPS) is 32.1. The maximum atomic E-state index is 5.14. The van der Waals surface area contributed by atoms with E-state index in [-0.39, 0.29) is 0 Å². The van der Waals surface area contributed by atoms with E-state index in [0.717, 1.165) is 18.6 Å². The summed E-state index contributed by atoms with van der Waals surface area (Å²) >= 11 is 0. The molecule has 0 aromatic heterocycles. The van der Waals surface area contributed by atoms with Crippen LogP contribution >= 0.6 is 0 Å². The summed E-state index contributed by atoms with van der Waals surface area (Å²) in [6.07, 6.45) is 6.80. The molecule has 16 heavy (non-hydrogen) atoms. The number of nitrogens with one attached hydrogen (secondary N) is 1. The molecular weight excluding hydrogens is 200 g/mol. The quantitative estimate of drug-likeness (QED) is 0.719. The first kappa shape index (κ1) is 12.3. The van der Waals surface area contributed by atoms with Crippen molar-refractivity contribution >= 4 is 0 Å². The van der Waals surface area contributed by atoms with Crippen LogP contribution in [-0.4, -0.2) is 50.8 Å². The molecule has 2 heterocycles. The Hall–Kier alpha value is -0.120. The second kappa shape index (κ2) is 6.58. The number of rotatable bonds is 5. The van der Waals surface area contributed by atoms with Gasteiger partial charge in [-0.25, -0.2) is 0 Å². The van der Waals surface area contributed by atoms with E-state index in [4.69, 9.17) is 4.74 Å². The lowest BCUT2D eigenvalue weighted by Crippen LogP contribution is -2.43. The van der Waals surface area contributed by atoms with E-state index in [1.54, 1.807) is 7.11 Å². The molecule has 0 aliphatic carbocycles. The SMILES string of the molecule is COCCCN1CCCC1C1CCCNC1. The van der Waals surface area contributed by atoms with Crippen molar-refractivity contribution < 1.29 is 4.74 Å². The molecule has 0 aromatic carbocycles. The minimum Gasteiger partial charge on any atom is -0.385 e. The predicted octanol–water partition coefficient (Wildman–Crippen LogP) is 1.49. The van der Waals surface area contributed by atoms with Crippen LogP contribution in [0, 0.1) is 5.92 Å². The van der Waals surface area contributed by atoms with E-state index in [1.807, 2.05) is 0 Å². The molecule has 0 radical (unpaired) electrons. The molecule has 1 N–H and O–H groups in total. The molecule has 0 saturated carbocycles. The van der Waals surface area contributed by atoms with E-state index in [2.05, 4.69) is 10.2 Å². The second-order valence-corrected chi connectivity index (χ2v) is 5.20. The molecular formula is C13H26N2O. The van der Waals surface area contributed by atoms with E-state index in [0.29, 0.717) is 0 Å². The Morgan fingerprint density at radius 1 is 1.31 bits per heavy atom. The van der Waals surface area contributed by atoms with Gasteiger partial charge >= 0.3 is 0 Å². The third-order valence-electron chi connectivity index (χ3n) is 4.09. The van der Waals surface area contributed by atoms with E-state index >= 15 is 0 Å². The van der Waals surface area contributed by atoms with Gasteiger partial charge in [0.1, 0.15) is 0 Å². The summed E-state index contributed by atoms with van der Waals surface area (Å²) in [5, 5.41) is 3.55. The molecule has 0 bridgehead atoms. The third-order valence-corrected chi connectivity index (χ3v) is 4.09. The van der Waals surface area contributed by atoms with Crippen LogP contribution in [0.3, 0.4) is 0 Å². The van der Waals surface area contributed by atoms with Crippen molar-refractivity contribution in [2.24, 2.45) is 5.92 Å². The lowest BCUT2D eigenvalue weighted by molar-refractivity contribution is 0.137. The fraction of sp³-hybridized carbons (Fsp3) is 1.00. The fourth-order valence-electron chi connectivity index (χ4n) is 3.28. The average molecular weight is 226 g/mol. The summed E-state index contributed by atoms with van der Waals surface area (Å²) in [7, 11) is 1.80. The molecule has 2 aliphatic heterocycles. The van der Waals surface area contributed by atoms with Crippen LogP contribution in [0.2, 0.25) is 0 Å². The smallest absolute Gasteiger partial charge is 0.0474 e. The number of likely N-dealkylation sites (tertiary alicyclic amines) is 1. The Balaban J connectivity index is 1.77. The summed E-state index contributed by atoms with van der Waals surface area (Å²) in [5.74, 6) is 0.902. The molecule has 3 nitrogen and oxygen atoms in total. The Morgan fingerprint density at radius 2 is 2.25 bits per heavy atom. The zero-order chi connectivity index (χ0) is 11.2. The fourth-order valence-corrected chi connectivity index (χ4v) is 3.28. The Labute approximate surface area is 99.5 Å². The van der Waals surface area contributed by atoms with Crippen molar-refractivity contribution in [2.75, 3.05) is 39.9 Å². The molecule has 0 amide bonds. The van der Waals surface area contributed by atoms with Crippen LogP contribution in [0.25, 0.3) is 0 Å². The van der Waals surface area contributed by atoms with Gasteiger partial charge in [0, 0.05) is 26.3 Å². The number of methoxy groups -OCH3 is 1. The summed E-state index contributed by atoms with van der Waals surface area (Å²) < 4.78 is 5.14. The topological polar surface area (TPSA) is 24.5 Å². The predicted molar refractivity (Wildman–Crippen MR) is 66.7 cm³/mol. The first-order valence-corrected chi connectivity index (χ1v) is 6.85. The molecule has 94 valence electrons. The minimum atomic E-state index is 0.852. The van der Waals surface area contributed by atoms with Gasteiger partial charge < -0.3 is 10.1 Å². The summed E-state index contributed by atoms with van der Waals surface area (Å²) in [6, 6.07) is 0.852. The molecule has 2 rings (SSSR count). The van der Waals surface area contributed by atoms with Crippen LogP contribution < -0.4 is 5.32 Å². The van der Waals surface area contributed by atoms with Gasteiger partial charge in [-0.3, -0.25) is 4.90 Å². The van der Waals surface area contributed by atoms with Crippen LogP contribution in [0.1, 0.15) is 32.1 Å². The lowest BCUT2D eigenvalue weighted by Gasteiger charge is -2.34. The average Bonchev–Trinajstić information content (AvgIpc) is 2.79. The number of piperidine rings is 1. The van der Waals surface area contributed by atoms with E-state index in [1.165, 1.54) is 58.3 Å². The second-order valence-electron chi connectivity index (χ2n) is 5.20. The van der Waals surface area contributed by atoms with Gasteiger partial charge in [0.15, 0.2) is 0 Å². The molecule has 2 atom stereocenters. The van der Waals surface area contributed by atoms with E-state index in [9.17, 15) is 0 Å². The van der Waals surface area contributed by atoms with E-state index < -0.39 is 0 Å². The molecule has 2 saturated heterocycles. The van der Waals surface area contributed by atoms with Crippen molar-refractivity contribution in [3.8, 4) is 0 Å². The van der Waals surface area contributed by atoms with Crippen LogP contribution in [0.15, 0.2) is 0 Å². The highest BCUT2D eigenvalue weighted by molar-refractivity contribution is 4.87. The highest BCUT2D eigenvalue weighted by Gasteiger charge is 2.31. The van der Waals surface area contributed by atoms with Crippen LogP contribution in [-0.2, 0) is 4.74 Å². The Kier molecular flexibility index (Phi) is 5.07. The molecule has 2 unspecified atom stereocenters. The lowest BCUT2D eigenvalue weighted by atomic mass is 9.90. The first-order chi connectivity index (χ1) is 7.92. The number of ether oxygens (including phenoxy) is 1. The van der Waals surface area contributed by atoms with Crippen molar-refractivity contribution in [3.63, 3.8) is 0 Å². The number of hydrogen-bond donors (Lipinski definition) is 1. The van der Waals surface area contributed by atoms with Crippen molar-refractivity contribution in [1.29, 1.82) is 0 Å². The summed E-state index contributed by atoms with van der Waals surface area (Å²) in [6.45, 7) is 5.92. The number of nitrogens with zero attached hydrogens (tertiary/aromatic N) is 1. The van der Waals surface area contributed by atoms with Gasteiger partial charge in [-0.15, -0.1) is 0 Å². The molecule has 2 aliphatic rings. The molecule has 0 aromatic rings. The van der Waals surface area contributed by atoms with Gasteiger partial charge in [-0.2, -0.15) is 0 Å². The molecule has 3 heteroatoms. The standard InChI is InChI=1S/C13H26N2O/c1-16-10-4-9-15-8-3-6-13(15)12-5-2-7-14-11-12/h12-14H,2-11H2,1H3. The monoisotopic (exact) mass is 226 g/mol. The summed E-state index contributed by atoms with van der Waals surface area (Å²) in [5.41, 5.74) is 0. The van der Waals surface area contributed by atoms with Crippen molar-refractivity contribution in [1.82, 2.24) is 10.2 Å². The van der Waals surface area contributed by atoms with Gasteiger partial charge in [-0.1, -0.05) is 0 Å². The zero-order valence-corrected chi connectivity index (χ0v) is 10.6.